The summed E-state index contributed by atoms with van der Waals surface area (Å²) in [5.41, 5.74) is -5.57. The number of hydrogen-bond acceptors (Lipinski definition) is 32. The van der Waals surface area contributed by atoms with E-state index in [1.165, 1.54) is 14.2 Å². The predicted molar refractivity (Wildman–Crippen MR) is 423 cm³/mol. The summed E-state index contributed by atoms with van der Waals surface area (Å²) in [6, 6.07) is -1.38. The molecule has 7 aliphatic rings. The molecular formula is C84H147N3O29. The summed E-state index contributed by atoms with van der Waals surface area (Å²) in [5.74, 6) is -5.60. The van der Waals surface area contributed by atoms with Crippen LogP contribution in [0.1, 0.15) is 195 Å². The molecule has 672 valence electrons. The summed E-state index contributed by atoms with van der Waals surface area (Å²) in [6.07, 6.45) is -11.8. The van der Waals surface area contributed by atoms with Crippen molar-refractivity contribution in [2.75, 3.05) is 69.3 Å². The van der Waals surface area contributed by atoms with Gasteiger partial charge in [0.25, 0.3) is 0 Å². The molecule has 0 aromatic rings. The minimum Gasteiger partial charge on any atom is -0.462 e. The number of hydrogen-bond donors (Lipinski definition) is 8. The number of nitrogens with one attached hydrogen (secondary N) is 1. The van der Waals surface area contributed by atoms with Crippen molar-refractivity contribution >= 4 is 30.2 Å². The van der Waals surface area contributed by atoms with E-state index < -0.39 is 212 Å². The highest BCUT2D eigenvalue weighted by Crippen LogP contribution is 2.45. The van der Waals surface area contributed by atoms with Gasteiger partial charge in [-0.15, -0.1) is 0 Å². The molecule has 32 nitrogen and oxygen atoms in total. The number of carbonyl (C=O) groups is 5. The normalized spacial score (nSPS) is 44.6. The zero-order valence-electron chi connectivity index (χ0n) is 73.5. The van der Waals surface area contributed by atoms with Crippen LogP contribution in [0.5, 0.6) is 0 Å². The van der Waals surface area contributed by atoms with Crippen LogP contribution in [0.4, 0.5) is 0 Å². The second kappa shape index (κ2) is 45.5. The van der Waals surface area contributed by atoms with Gasteiger partial charge in [-0.2, -0.15) is 0 Å². The third-order valence-electron chi connectivity index (χ3n) is 24.6. The van der Waals surface area contributed by atoms with Gasteiger partial charge in [-0.3, -0.25) is 24.5 Å². The number of likely N-dealkylation sites (N-methyl/N-ethyl adjacent to an activating group) is 2. The van der Waals surface area contributed by atoms with E-state index in [1.54, 1.807) is 114 Å². The molecule has 116 heavy (non-hydrogen) atoms. The number of aliphatic hydroxyl groups excluding tert-OH is 5. The number of cyclic esters (lactones) is 2. The summed E-state index contributed by atoms with van der Waals surface area (Å²) in [6.45, 7) is 31.3. The molecule has 0 amide bonds. The quantitative estimate of drug-likeness (QED) is 0.0247. The van der Waals surface area contributed by atoms with Crippen molar-refractivity contribution in [1.82, 2.24) is 15.1 Å². The zero-order chi connectivity index (χ0) is 86.8. The Hall–Kier alpha value is -3.89. The van der Waals surface area contributed by atoms with Gasteiger partial charge in [0, 0.05) is 83.8 Å². The molecule has 0 unspecified atom stereocenters. The van der Waals surface area contributed by atoms with Crippen LogP contribution >= 0.6 is 0 Å². The number of methoxy groups -OCH3 is 3. The highest BCUT2D eigenvalue weighted by molar-refractivity contribution is 5.73. The molecule has 8 N–H and O–H groups in total. The molecule has 7 aliphatic heterocycles. The minimum absolute atomic E-state index is 0.00608. The van der Waals surface area contributed by atoms with Gasteiger partial charge in [0.05, 0.1) is 110 Å². The number of allylic oxidation sites excluding steroid dienone is 2. The van der Waals surface area contributed by atoms with Crippen molar-refractivity contribution in [1.29, 1.82) is 0 Å². The van der Waals surface area contributed by atoms with Crippen LogP contribution in [-0.4, -0.2) is 327 Å². The van der Waals surface area contributed by atoms with E-state index >= 15 is 0 Å². The topological polar surface area (TPSA) is 402 Å². The SMILES string of the molecule is CCCC(=O)O[C@H]1[C@H](C)O[C@@H](O[C@H]2[C@H](N(C)C)[C@@H](O)[C@H](O[C@H]3[C@@H](CC=O)C[C@@H](C)[C@@H](O)/C=C/C=C/C[C@@H](C)OC(=O)C[C@@H](O)[C@@H]3OC)O[C@@H]2C)C[C@@]1(C)OC(=O)CC.CC[C@H]1OC(=O)[C@H](C)[C@@H](O[C@H]2C[C@@](C)(OC)[C@@H](O)[C@H](C)O2)[C@H](C)[C@@H](O[C@@H]2O[C@H](C)C[C@H](N(C)C)[C@H]2O)[C@](C)(O)C[C@@H](C)[C@@H]2N[C@@H](COCCOC)O[C@@H]([C@H]2C)[C@]1(C)O. The van der Waals surface area contributed by atoms with E-state index in [1.807, 2.05) is 73.5 Å². The number of fused-ring (bicyclic) bond motifs is 2. The molecule has 0 aliphatic carbocycles. The molecule has 0 aromatic heterocycles. The Labute approximate surface area is 688 Å². The Bertz CT molecular complexity index is 3060. The number of aldehydes is 1. The maximum absolute atomic E-state index is 14.5. The molecule has 6 saturated heterocycles. The molecule has 0 spiro atoms. The smallest absolute Gasteiger partial charge is 0.311 e. The molecular weight excluding hydrogens is 1510 g/mol. The standard InChI is InChI=1S/C42H78N2O14.C42H69NO15/c1-15-29-42(10,49)37-24(4)32(43-30(56-37)21-52-17-16-50-13)22(2)19-40(8,48)36(58-39-33(45)28(44(11)12)18-23(3)53-39)25(5)34(26(6)38(47)55-29)57-31-20-41(9,51-14)35(46)27(7)54-31;1-11-16-32(48)55-40-27(6)53-34(23-42(40,7)58-31(47)12-2)56-37-26(5)54-41(36(50)35(37)43(8)9)57-38-28(19-20-44)21-24(3)29(45)18-15-13-14-17-25(4)52-33(49)22-30(46)39(38)51-10/h22-37,39,43,45-46,48-49H,15-21H2,1-14H3;13-15,18,20,24-30,34-41,45-46,50H,11-12,16-17,19,21-23H2,1-10H3/b;14-13+,18-15+/t22-,23-,24+,25+,26-,27+,28+,29-,30-,31+,32+,33-,34+,35+,36-,37+,39+,40-,41-,42-;24-,25-,26-,27+,28+,29+,30-,34+,35-,36-,37-,38+,39+,40+,41+,42-/m11/s1. The second-order valence-electron chi connectivity index (χ2n) is 34.9. The Morgan fingerprint density at radius 2 is 1.31 bits per heavy atom. The summed E-state index contributed by atoms with van der Waals surface area (Å²) >= 11 is 0. The molecule has 0 radical (unpaired) electrons. The number of nitrogens with zero attached hydrogens (tertiary/aromatic N) is 2. The number of carbonyl (C=O) groups excluding carboxylic acids is 5. The molecule has 0 aromatic carbocycles. The molecule has 36 atom stereocenters. The molecule has 2 bridgehead atoms. The summed E-state index contributed by atoms with van der Waals surface area (Å²) < 4.78 is 105. The monoisotopic (exact) mass is 1660 g/mol. The van der Waals surface area contributed by atoms with Crippen LogP contribution in [0.2, 0.25) is 0 Å². The Balaban J connectivity index is 0.000000361. The van der Waals surface area contributed by atoms with Gasteiger partial charge in [0.15, 0.2) is 36.9 Å². The first-order valence-corrected chi connectivity index (χ1v) is 42.0. The van der Waals surface area contributed by atoms with Crippen molar-refractivity contribution in [2.24, 2.45) is 35.5 Å². The lowest BCUT2D eigenvalue weighted by Gasteiger charge is -2.52. The van der Waals surface area contributed by atoms with Gasteiger partial charge in [0.1, 0.15) is 60.8 Å². The van der Waals surface area contributed by atoms with Gasteiger partial charge in [-0.1, -0.05) is 72.8 Å². The van der Waals surface area contributed by atoms with Crippen molar-refractivity contribution in [3.05, 3.63) is 24.3 Å². The van der Waals surface area contributed by atoms with Crippen LogP contribution in [-0.2, 0) is 104 Å². The minimum atomic E-state index is -1.64. The molecule has 32 heteroatoms. The summed E-state index contributed by atoms with van der Waals surface area (Å²) in [4.78, 5) is 68.5. The van der Waals surface area contributed by atoms with Gasteiger partial charge in [0.2, 0.25) is 0 Å². The predicted octanol–water partition coefficient (Wildman–Crippen LogP) is 5.36. The fourth-order valence-electron chi connectivity index (χ4n) is 18.1. The van der Waals surface area contributed by atoms with Crippen LogP contribution in [0.25, 0.3) is 0 Å². The lowest BCUT2D eigenvalue weighted by atomic mass is 9.71. The fraction of sp³-hybridized carbons (Fsp3) is 0.893. The number of ether oxygens (including phenoxy) is 17. The van der Waals surface area contributed by atoms with E-state index in [0.29, 0.717) is 38.8 Å². The van der Waals surface area contributed by atoms with Crippen molar-refractivity contribution in [3.8, 4) is 0 Å². The maximum atomic E-state index is 14.5. The van der Waals surface area contributed by atoms with Crippen LogP contribution in [0.15, 0.2) is 24.3 Å². The van der Waals surface area contributed by atoms with Crippen LogP contribution < -0.4 is 5.32 Å². The largest absolute Gasteiger partial charge is 0.462 e. The average Bonchev–Trinajstić information content (AvgIpc) is 0.765. The third-order valence-corrected chi connectivity index (χ3v) is 24.6. The van der Waals surface area contributed by atoms with E-state index in [0.717, 1.165) is 0 Å². The number of rotatable bonds is 25. The Morgan fingerprint density at radius 3 is 1.91 bits per heavy atom. The summed E-state index contributed by atoms with van der Waals surface area (Å²) in [7, 11) is 11.8. The van der Waals surface area contributed by atoms with Crippen LogP contribution in [0, 0.1) is 35.5 Å². The Kier molecular flexibility index (Phi) is 39.6. The van der Waals surface area contributed by atoms with Crippen molar-refractivity contribution in [2.45, 2.75) is 377 Å². The van der Waals surface area contributed by atoms with E-state index in [9.17, 15) is 59.7 Å². The first-order valence-electron chi connectivity index (χ1n) is 42.0. The maximum Gasteiger partial charge on any atom is 0.311 e. The van der Waals surface area contributed by atoms with Gasteiger partial charge in [-0.25, -0.2) is 0 Å². The fourth-order valence-corrected chi connectivity index (χ4v) is 18.1. The number of esters is 4. The highest BCUT2D eigenvalue weighted by Gasteiger charge is 2.59. The van der Waals surface area contributed by atoms with E-state index in [2.05, 4.69) is 5.32 Å². The first kappa shape index (κ1) is 101. The Morgan fingerprint density at radius 1 is 0.664 bits per heavy atom. The van der Waals surface area contributed by atoms with Crippen molar-refractivity contribution in [3.63, 3.8) is 0 Å². The van der Waals surface area contributed by atoms with Gasteiger partial charge < -0.3 is 131 Å². The van der Waals surface area contributed by atoms with Crippen LogP contribution in [0.3, 0.4) is 0 Å². The third kappa shape index (κ3) is 26.3. The van der Waals surface area contributed by atoms with Gasteiger partial charge in [-0.05, 0) is 147 Å². The second-order valence-corrected chi connectivity index (χ2v) is 34.9. The lowest BCUT2D eigenvalue weighted by molar-refractivity contribution is -0.344. The molecule has 6 fully saturated rings. The molecule has 7 rings (SSSR count). The lowest BCUT2D eigenvalue weighted by Crippen LogP contribution is -2.67. The van der Waals surface area contributed by atoms with Crippen molar-refractivity contribution < 1.29 is 140 Å². The average molecular weight is 1660 g/mol. The zero-order valence-corrected chi connectivity index (χ0v) is 73.5. The molecule has 0 saturated carbocycles. The summed E-state index contributed by atoms with van der Waals surface area (Å²) in [5, 5.41) is 86.1. The van der Waals surface area contributed by atoms with E-state index in [-0.39, 0.29) is 93.9 Å². The first-order chi connectivity index (χ1) is 54.4. The number of aliphatic hydroxyl groups is 7. The van der Waals surface area contributed by atoms with E-state index in [4.69, 9.17) is 80.5 Å². The van der Waals surface area contributed by atoms with Gasteiger partial charge >= 0.3 is 23.9 Å². The highest BCUT2D eigenvalue weighted by atomic mass is 16.7. The molecule has 7 heterocycles.